The second-order valence-electron chi connectivity index (χ2n) is 7.80. The van der Waals surface area contributed by atoms with Crippen LogP contribution in [-0.2, 0) is 6.42 Å². The lowest BCUT2D eigenvalue weighted by Gasteiger charge is -2.22. The summed E-state index contributed by atoms with van der Waals surface area (Å²) in [5.74, 6) is 0.880. The number of methoxy groups -OCH3 is 2. The Morgan fingerprint density at radius 2 is 1.82 bits per heavy atom. The maximum absolute atomic E-state index is 14.0. The van der Waals surface area contributed by atoms with E-state index in [1.165, 1.54) is 23.3 Å². The van der Waals surface area contributed by atoms with Crippen molar-refractivity contribution in [3.8, 4) is 11.5 Å². The molecule has 2 amide bonds. The van der Waals surface area contributed by atoms with Crippen molar-refractivity contribution in [2.24, 2.45) is 5.10 Å². The van der Waals surface area contributed by atoms with Gasteiger partial charge in [-0.2, -0.15) is 5.10 Å². The third-order valence-electron chi connectivity index (χ3n) is 5.61. The normalized spacial score (nSPS) is 15.0. The standard InChI is InChI=1S/C25H26FN5O3/c1-15-12-17-13-21(33-3)22(34-4)14-19(17)23(30-31(15)25(32)27-2)16-7-9-18(10-8-16)29-24-20(26)6-5-11-28-24/h5-11,13-15H,12H2,1-4H3,(H,27,32)(H,28,29)/t15-/m1/s1. The zero-order valence-electron chi connectivity index (χ0n) is 19.4. The first-order valence-corrected chi connectivity index (χ1v) is 10.8. The number of urea groups is 1. The predicted octanol–water partition coefficient (Wildman–Crippen LogP) is 4.32. The number of hydrazone groups is 1. The molecule has 0 aliphatic carbocycles. The van der Waals surface area contributed by atoms with E-state index in [2.05, 4.69) is 15.6 Å². The van der Waals surface area contributed by atoms with Gasteiger partial charge in [-0.3, -0.25) is 0 Å². The molecule has 8 nitrogen and oxygen atoms in total. The van der Waals surface area contributed by atoms with Crippen LogP contribution in [0.4, 0.5) is 20.7 Å². The van der Waals surface area contributed by atoms with Crippen LogP contribution in [0.1, 0.15) is 23.6 Å². The predicted molar refractivity (Wildman–Crippen MR) is 129 cm³/mol. The second kappa shape index (κ2) is 9.78. The molecule has 0 bridgehead atoms. The summed E-state index contributed by atoms with van der Waals surface area (Å²) >= 11 is 0. The first kappa shape index (κ1) is 23.0. The third-order valence-corrected chi connectivity index (χ3v) is 5.61. The summed E-state index contributed by atoms with van der Waals surface area (Å²) in [7, 11) is 4.74. The molecule has 0 radical (unpaired) electrons. The van der Waals surface area contributed by atoms with E-state index in [4.69, 9.17) is 14.6 Å². The van der Waals surface area contributed by atoms with Crippen molar-refractivity contribution in [1.29, 1.82) is 0 Å². The van der Waals surface area contributed by atoms with Gasteiger partial charge in [0.05, 0.1) is 26.0 Å². The fraction of sp³-hybridized carbons (Fsp3) is 0.240. The number of amides is 2. The van der Waals surface area contributed by atoms with Crippen LogP contribution < -0.4 is 20.1 Å². The summed E-state index contributed by atoms with van der Waals surface area (Å²) in [5.41, 5.74) is 3.88. The Hall–Kier alpha value is -4.14. The molecule has 1 aliphatic rings. The van der Waals surface area contributed by atoms with E-state index >= 15 is 0 Å². The highest BCUT2D eigenvalue weighted by Gasteiger charge is 2.28. The lowest BCUT2D eigenvalue weighted by molar-refractivity contribution is 0.184. The number of hydrogen-bond acceptors (Lipinski definition) is 6. The molecule has 176 valence electrons. The van der Waals surface area contributed by atoms with Gasteiger partial charge in [-0.15, -0.1) is 0 Å². The van der Waals surface area contributed by atoms with E-state index < -0.39 is 5.82 Å². The fourth-order valence-electron chi connectivity index (χ4n) is 3.87. The van der Waals surface area contributed by atoms with Gasteiger partial charge < -0.3 is 20.1 Å². The highest BCUT2D eigenvalue weighted by molar-refractivity contribution is 6.14. The Morgan fingerprint density at radius 1 is 1.12 bits per heavy atom. The first-order valence-electron chi connectivity index (χ1n) is 10.8. The van der Waals surface area contributed by atoms with Gasteiger partial charge in [0.1, 0.15) is 0 Å². The Morgan fingerprint density at radius 3 is 2.47 bits per heavy atom. The highest BCUT2D eigenvalue weighted by atomic mass is 19.1. The number of ether oxygens (including phenoxy) is 2. The second-order valence-corrected chi connectivity index (χ2v) is 7.80. The summed E-state index contributed by atoms with van der Waals surface area (Å²) < 4.78 is 25.0. The maximum Gasteiger partial charge on any atom is 0.337 e. The smallest absolute Gasteiger partial charge is 0.337 e. The molecule has 2 aromatic carbocycles. The average Bonchev–Trinajstić information content (AvgIpc) is 3.00. The SMILES string of the molecule is CNC(=O)N1N=C(c2ccc(Nc3ncccc3F)cc2)c2cc(OC)c(OC)cc2C[C@H]1C. The molecule has 1 aromatic heterocycles. The minimum Gasteiger partial charge on any atom is -0.493 e. The largest absolute Gasteiger partial charge is 0.493 e. The molecule has 0 fully saturated rings. The number of pyridine rings is 1. The van der Waals surface area contributed by atoms with Gasteiger partial charge in [0.15, 0.2) is 23.1 Å². The van der Waals surface area contributed by atoms with Crippen LogP contribution in [0.15, 0.2) is 59.8 Å². The summed E-state index contributed by atoms with van der Waals surface area (Å²) in [6.07, 6.45) is 2.10. The van der Waals surface area contributed by atoms with Crippen molar-refractivity contribution in [3.05, 3.63) is 77.2 Å². The number of fused-ring (bicyclic) bond motifs is 1. The molecule has 1 aliphatic heterocycles. The summed E-state index contributed by atoms with van der Waals surface area (Å²) in [6.45, 7) is 1.94. The molecule has 2 heterocycles. The van der Waals surface area contributed by atoms with Crippen molar-refractivity contribution < 1.29 is 18.7 Å². The molecule has 2 N–H and O–H groups in total. The molecule has 0 unspecified atom stereocenters. The number of rotatable bonds is 5. The van der Waals surface area contributed by atoms with Crippen LogP contribution in [0, 0.1) is 5.82 Å². The van der Waals surface area contributed by atoms with Crippen LogP contribution in [0.2, 0.25) is 0 Å². The molecular weight excluding hydrogens is 437 g/mol. The molecule has 0 saturated carbocycles. The van der Waals surface area contributed by atoms with Gasteiger partial charge >= 0.3 is 6.03 Å². The van der Waals surface area contributed by atoms with Crippen molar-refractivity contribution in [1.82, 2.24) is 15.3 Å². The van der Waals surface area contributed by atoms with Gasteiger partial charge in [-0.05, 0) is 55.3 Å². The number of carbonyl (C=O) groups is 1. The zero-order chi connectivity index (χ0) is 24.2. The lowest BCUT2D eigenvalue weighted by atomic mass is 9.94. The van der Waals surface area contributed by atoms with Crippen molar-refractivity contribution >= 4 is 23.2 Å². The summed E-state index contributed by atoms with van der Waals surface area (Å²) in [6, 6.07) is 13.5. The molecule has 34 heavy (non-hydrogen) atoms. The van der Waals surface area contributed by atoms with Gasteiger partial charge in [-0.25, -0.2) is 19.2 Å². The summed E-state index contributed by atoms with van der Waals surface area (Å²) in [5, 5.41) is 11.8. The molecule has 1 atom stereocenters. The van der Waals surface area contributed by atoms with Crippen LogP contribution in [0.5, 0.6) is 11.5 Å². The minimum absolute atomic E-state index is 0.142. The van der Waals surface area contributed by atoms with Crippen LogP contribution in [-0.4, -0.2) is 49.0 Å². The number of aromatic nitrogens is 1. The first-order chi connectivity index (χ1) is 16.4. The number of benzene rings is 2. The highest BCUT2D eigenvalue weighted by Crippen LogP contribution is 2.34. The molecule has 9 heteroatoms. The van der Waals surface area contributed by atoms with E-state index in [1.54, 1.807) is 21.3 Å². The molecule has 3 aromatic rings. The fourth-order valence-corrected chi connectivity index (χ4v) is 3.87. The molecule has 4 rings (SSSR count). The van der Waals surface area contributed by atoms with Gasteiger partial charge in [-0.1, -0.05) is 12.1 Å². The number of nitrogens with zero attached hydrogens (tertiary/aromatic N) is 3. The van der Waals surface area contributed by atoms with Crippen molar-refractivity contribution in [3.63, 3.8) is 0 Å². The topological polar surface area (TPSA) is 88.1 Å². The van der Waals surface area contributed by atoms with Gasteiger partial charge in [0.2, 0.25) is 0 Å². The van der Waals surface area contributed by atoms with E-state index in [-0.39, 0.29) is 17.9 Å². The number of nitrogens with one attached hydrogen (secondary N) is 2. The van der Waals surface area contributed by atoms with E-state index in [9.17, 15) is 9.18 Å². The number of halogens is 1. The van der Waals surface area contributed by atoms with E-state index in [0.29, 0.717) is 29.3 Å². The van der Waals surface area contributed by atoms with E-state index in [0.717, 1.165) is 16.7 Å². The molecule has 0 spiro atoms. The third kappa shape index (κ3) is 4.50. The van der Waals surface area contributed by atoms with Gasteiger partial charge in [0, 0.05) is 30.1 Å². The van der Waals surface area contributed by atoms with Crippen molar-refractivity contribution in [2.75, 3.05) is 26.6 Å². The number of hydrogen-bond donors (Lipinski definition) is 2. The average molecular weight is 464 g/mol. The Balaban J connectivity index is 1.78. The quantitative estimate of drug-likeness (QED) is 0.588. The zero-order valence-corrected chi connectivity index (χ0v) is 19.4. The minimum atomic E-state index is -0.440. The van der Waals surface area contributed by atoms with Crippen molar-refractivity contribution in [2.45, 2.75) is 19.4 Å². The van der Waals surface area contributed by atoms with Gasteiger partial charge in [0.25, 0.3) is 0 Å². The summed E-state index contributed by atoms with van der Waals surface area (Å²) in [4.78, 5) is 16.6. The van der Waals surface area contributed by atoms with Crippen LogP contribution >= 0.6 is 0 Å². The monoisotopic (exact) mass is 463 g/mol. The Kier molecular flexibility index (Phi) is 6.62. The number of carbonyl (C=O) groups excluding carboxylic acids is 1. The van der Waals surface area contributed by atoms with Crippen LogP contribution in [0.25, 0.3) is 0 Å². The maximum atomic E-state index is 14.0. The Bertz CT molecular complexity index is 1230. The van der Waals surface area contributed by atoms with E-state index in [1.807, 2.05) is 43.3 Å². The lowest BCUT2D eigenvalue weighted by Crippen LogP contribution is -2.41. The number of anilines is 2. The molecule has 0 saturated heterocycles. The molecular formula is C25H26FN5O3. The Labute approximate surface area is 197 Å². The van der Waals surface area contributed by atoms with Crippen LogP contribution in [0.3, 0.4) is 0 Å².